The molecular weight excluding hydrogens is 266 g/mol. The first kappa shape index (κ1) is 17.4. The van der Waals surface area contributed by atoms with E-state index in [-0.39, 0.29) is 24.2 Å². The molecule has 0 heterocycles. The topological polar surface area (TPSA) is 61.4 Å². The molecule has 0 atom stereocenters. The fourth-order valence-corrected chi connectivity index (χ4v) is 1.44. The molecule has 0 spiro atoms. The third kappa shape index (κ3) is 5.72. The number of hydrogen-bond donors (Lipinski definition) is 2. The van der Waals surface area contributed by atoms with Crippen LogP contribution in [0.3, 0.4) is 0 Å². The van der Waals surface area contributed by atoms with Crippen LogP contribution in [0.25, 0.3) is 0 Å². The molecule has 0 saturated carbocycles. The summed E-state index contributed by atoms with van der Waals surface area (Å²) in [6.45, 7) is 2.14. The summed E-state index contributed by atoms with van der Waals surface area (Å²) in [6.07, 6.45) is 0.420. The molecule has 0 aliphatic heterocycles. The van der Waals surface area contributed by atoms with Crippen LogP contribution in [0.2, 0.25) is 0 Å². The van der Waals surface area contributed by atoms with E-state index in [9.17, 15) is 9.59 Å². The molecule has 0 aliphatic carbocycles. The van der Waals surface area contributed by atoms with Crippen LogP contribution < -0.4 is 15.5 Å². The fourth-order valence-electron chi connectivity index (χ4n) is 1.44. The molecule has 2 N–H and O–H groups in total. The Morgan fingerprint density at radius 1 is 1.32 bits per heavy atom. The van der Waals surface area contributed by atoms with Crippen LogP contribution in [-0.4, -0.2) is 32.5 Å². The van der Waals surface area contributed by atoms with E-state index in [1.54, 1.807) is 26.2 Å². The molecule has 2 amide bonds. The smallest absolute Gasteiger partial charge is 0.225 e. The molecule has 1 aromatic rings. The number of carbonyl (C=O) groups excluding carboxylic acids is 2. The van der Waals surface area contributed by atoms with Gasteiger partial charge in [0.15, 0.2) is 0 Å². The quantitative estimate of drug-likeness (QED) is 0.864. The fraction of sp³-hybridized carbons (Fsp3) is 0.385. The molecule has 5 nitrogen and oxygen atoms in total. The molecule has 0 aliphatic rings. The van der Waals surface area contributed by atoms with Crippen LogP contribution in [0.15, 0.2) is 24.3 Å². The van der Waals surface area contributed by atoms with E-state index in [2.05, 4.69) is 10.6 Å². The van der Waals surface area contributed by atoms with Crippen molar-refractivity contribution in [3.05, 3.63) is 24.3 Å². The van der Waals surface area contributed by atoms with Crippen molar-refractivity contribution in [1.82, 2.24) is 5.32 Å². The van der Waals surface area contributed by atoms with Gasteiger partial charge in [0.25, 0.3) is 0 Å². The van der Waals surface area contributed by atoms with Crippen LogP contribution in [0.1, 0.15) is 13.3 Å². The lowest BCUT2D eigenvalue weighted by molar-refractivity contribution is -0.117. The van der Waals surface area contributed by atoms with Gasteiger partial charge in [-0.1, -0.05) is 6.07 Å². The van der Waals surface area contributed by atoms with Crippen molar-refractivity contribution < 1.29 is 9.59 Å². The Labute approximate surface area is 119 Å². The predicted octanol–water partition coefficient (Wildman–Crippen LogP) is 1.64. The van der Waals surface area contributed by atoms with Crippen molar-refractivity contribution in [1.29, 1.82) is 0 Å². The Kier molecular flexibility index (Phi) is 7.79. The lowest BCUT2D eigenvalue weighted by Crippen LogP contribution is -2.23. The van der Waals surface area contributed by atoms with Gasteiger partial charge < -0.3 is 15.5 Å². The van der Waals surface area contributed by atoms with Crippen molar-refractivity contribution in [3.8, 4) is 0 Å². The molecule has 0 fully saturated rings. The Morgan fingerprint density at radius 2 is 2.00 bits per heavy atom. The molecule has 106 valence electrons. The molecular formula is C13H20ClN3O2. The van der Waals surface area contributed by atoms with Crippen LogP contribution in [-0.2, 0) is 9.59 Å². The second-order valence-corrected chi connectivity index (χ2v) is 4.03. The summed E-state index contributed by atoms with van der Waals surface area (Å²) < 4.78 is 0. The predicted molar refractivity (Wildman–Crippen MR) is 79.9 cm³/mol. The van der Waals surface area contributed by atoms with E-state index in [0.717, 1.165) is 5.69 Å². The van der Waals surface area contributed by atoms with Gasteiger partial charge in [-0.15, -0.1) is 12.4 Å². The number of nitrogens with one attached hydrogen (secondary N) is 2. The lowest BCUT2D eigenvalue weighted by Gasteiger charge is -2.16. The third-order valence-electron chi connectivity index (χ3n) is 2.59. The van der Waals surface area contributed by atoms with Gasteiger partial charge in [0.2, 0.25) is 11.8 Å². The Balaban J connectivity index is 0.00000324. The molecule has 0 aromatic heterocycles. The summed E-state index contributed by atoms with van der Waals surface area (Å²) in [4.78, 5) is 24.3. The second-order valence-electron chi connectivity index (χ2n) is 4.03. The maximum Gasteiger partial charge on any atom is 0.225 e. The summed E-state index contributed by atoms with van der Waals surface area (Å²) in [5.41, 5.74) is 1.45. The summed E-state index contributed by atoms with van der Waals surface area (Å²) >= 11 is 0. The zero-order chi connectivity index (χ0) is 13.5. The summed E-state index contributed by atoms with van der Waals surface area (Å²) in [5.74, 6) is -0.0966. The molecule has 0 saturated heterocycles. The zero-order valence-corrected chi connectivity index (χ0v) is 12.2. The minimum atomic E-state index is -0.0491. The van der Waals surface area contributed by atoms with Gasteiger partial charge in [-0.3, -0.25) is 9.59 Å². The lowest BCUT2D eigenvalue weighted by atomic mass is 10.2. The van der Waals surface area contributed by atoms with Gasteiger partial charge in [-0.2, -0.15) is 0 Å². The highest BCUT2D eigenvalue weighted by Crippen LogP contribution is 2.18. The highest BCUT2D eigenvalue weighted by Gasteiger charge is 2.07. The Morgan fingerprint density at radius 3 is 2.58 bits per heavy atom. The van der Waals surface area contributed by atoms with Gasteiger partial charge in [-0.05, 0) is 25.2 Å². The summed E-state index contributed by atoms with van der Waals surface area (Å²) in [7, 11) is 3.50. The Hall–Kier alpha value is -1.59. The van der Waals surface area contributed by atoms with Crippen molar-refractivity contribution in [3.63, 3.8) is 0 Å². The maximum absolute atomic E-state index is 11.6. The van der Waals surface area contributed by atoms with E-state index in [0.29, 0.717) is 18.7 Å². The number of anilines is 2. The zero-order valence-electron chi connectivity index (χ0n) is 11.4. The molecule has 1 aromatic carbocycles. The van der Waals surface area contributed by atoms with E-state index in [1.165, 1.54) is 11.8 Å². The first-order valence-corrected chi connectivity index (χ1v) is 5.83. The highest BCUT2D eigenvalue weighted by molar-refractivity contribution is 5.94. The van der Waals surface area contributed by atoms with Gasteiger partial charge in [0.1, 0.15) is 0 Å². The summed E-state index contributed by atoms with van der Waals surface area (Å²) in [6, 6.07) is 7.21. The molecule has 0 radical (unpaired) electrons. The second kappa shape index (κ2) is 8.50. The van der Waals surface area contributed by atoms with Crippen LogP contribution in [0.5, 0.6) is 0 Å². The van der Waals surface area contributed by atoms with E-state index < -0.39 is 0 Å². The summed E-state index contributed by atoms with van der Waals surface area (Å²) in [5, 5.41) is 5.71. The minimum absolute atomic E-state index is 0. The molecule has 1 rings (SSSR count). The van der Waals surface area contributed by atoms with E-state index in [1.807, 2.05) is 12.1 Å². The number of carbonyl (C=O) groups is 2. The highest BCUT2D eigenvalue weighted by atomic mass is 35.5. The van der Waals surface area contributed by atoms with Crippen LogP contribution in [0.4, 0.5) is 11.4 Å². The molecule has 6 heteroatoms. The average molecular weight is 286 g/mol. The average Bonchev–Trinajstić information content (AvgIpc) is 2.35. The van der Waals surface area contributed by atoms with E-state index in [4.69, 9.17) is 0 Å². The maximum atomic E-state index is 11.6. The van der Waals surface area contributed by atoms with Crippen LogP contribution >= 0.6 is 12.4 Å². The van der Waals surface area contributed by atoms with Crippen molar-refractivity contribution in [2.24, 2.45) is 0 Å². The number of amides is 2. The Bertz CT molecular complexity index is 438. The first-order valence-electron chi connectivity index (χ1n) is 5.83. The van der Waals surface area contributed by atoms with Gasteiger partial charge in [-0.25, -0.2) is 0 Å². The van der Waals surface area contributed by atoms with Gasteiger partial charge >= 0.3 is 0 Å². The standard InChI is InChI=1S/C13H19N3O2.ClH/c1-10(17)16(3)12-6-4-5-11(9-12)15-13(18)7-8-14-2;/h4-6,9,14H,7-8H2,1-3H3,(H,15,18);1H. The number of benzene rings is 1. The monoisotopic (exact) mass is 285 g/mol. The number of hydrogen-bond acceptors (Lipinski definition) is 3. The van der Waals surface area contributed by atoms with Gasteiger partial charge in [0, 0.05) is 38.3 Å². The SMILES string of the molecule is CNCCC(=O)Nc1cccc(N(C)C(C)=O)c1.Cl. The number of nitrogens with zero attached hydrogens (tertiary/aromatic N) is 1. The van der Waals surface area contributed by atoms with E-state index >= 15 is 0 Å². The number of halogens is 1. The number of rotatable bonds is 5. The molecule has 0 unspecified atom stereocenters. The molecule has 19 heavy (non-hydrogen) atoms. The van der Waals surface area contributed by atoms with Crippen molar-refractivity contribution in [2.45, 2.75) is 13.3 Å². The minimum Gasteiger partial charge on any atom is -0.326 e. The van der Waals surface area contributed by atoms with Crippen LogP contribution in [0, 0.1) is 0 Å². The van der Waals surface area contributed by atoms with Gasteiger partial charge in [0.05, 0.1) is 0 Å². The third-order valence-corrected chi connectivity index (χ3v) is 2.59. The molecule has 0 bridgehead atoms. The van der Waals surface area contributed by atoms with Crippen molar-refractivity contribution >= 4 is 35.6 Å². The van der Waals surface area contributed by atoms with Crippen molar-refractivity contribution in [2.75, 3.05) is 30.9 Å². The largest absolute Gasteiger partial charge is 0.326 e. The normalized spacial score (nSPS) is 9.42. The first-order chi connectivity index (χ1) is 8.54.